The van der Waals surface area contributed by atoms with E-state index >= 15 is 0 Å². The van der Waals surface area contributed by atoms with Crippen LogP contribution in [0.3, 0.4) is 0 Å². The maximum Gasteiger partial charge on any atom is 0.262 e. The first-order valence-electron chi connectivity index (χ1n) is 10.4. The molecule has 3 aromatic rings. The molecule has 0 bridgehead atoms. The van der Waals surface area contributed by atoms with Crippen molar-refractivity contribution in [3.63, 3.8) is 0 Å². The van der Waals surface area contributed by atoms with E-state index in [1.807, 2.05) is 12.1 Å². The molecule has 1 fully saturated rings. The van der Waals surface area contributed by atoms with Crippen LogP contribution >= 0.6 is 24.0 Å². The molecule has 34 heavy (non-hydrogen) atoms. The van der Waals surface area contributed by atoms with E-state index in [9.17, 15) is 13.5 Å². The molecule has 1 saturated heterocycles. The van der Waals surface area contributed by atoms with Gasteiger partial charge in [-0.05, 0) is 35.9 Å². The molecular weight excluding hydrogens is 494 g/mol. The Morgan fingerprint density at radius 3 is 2.62 bits per heavy atom. The van der Waals surface area contributed by atoms with Gasteiger partial charge in [-0.15, -0.1) is 0 Å². The molecule has 11 heteroatoms. The second-order valence-corrected chi connectivity index (χ2v) is 11.1. The highest BCUT2D eigenvalue weighted by Crippen LogP contribution is 2.40. The molecule has 0 radical (unpaired) electrons. The van der Waals surface area contributed by atoms with Crippen LogP contribution in [0.25, 0.3) is 0 Å². The zero-order valence-electron chi connectivity index (χ0n) is 17.9. The number of thiocarbonyl (C=S) groups is 1. The first kappa shape index (κ1) is 22.9. The molecule has 1 atom stereocenters. The fourth-order valence-electron chi connectivity index (χ4n) is 3.79. The molecule has 3 heterocycles. The number of ether oxygens (including phenoxy) is 2. The number of hydrogen-bond acceptors (Lipinski definition) is 8. The Kier molecular flexibility index (Phi) is 6.11. The Morgan fingerprint density at radius 1 is 1.12 bits per heavy atom. The molecule has 0 aliphatic carbocycles. The van der Waals surface area contributed by atoms with E-state index in [0.717, 1.165) is 5.56 Å². The third-order valence-electron chi connectivity index (χ3n) is 5.55. The van der Waals surface area contributed by atoms with Crippen LogP contribution in [0.4, 0.5) is 5.69 Å². The van der Waals surface area contributed by atoms with Gasteiger partial charge in [0.15, 0.2) is 17.2 Å². The molecule has 176 valence electrons. The zero-order valence-corrected chi connectivity index (χ0v) is 20.3. The zero-order chi connectivity index (χ0) is 23.8. The number of pyridine rings is 1. The van der Waals surface area contributed by atoms with Gasteiger partial charge in [-0.3, -0.25) is 9.71 Å². The largest absolute Gasteiger partial charge is 0.486 e. The molecule has 1 unspecified atom stereocenters. The Balaban J connectivity index is 1.35. The molecule has 0 saturated carbocycles. The van der Waals surface area contributed by atoms with Crippen molar-refractivity contribution >= 4 is 44.0 Å². The maximum atomic E-state index is 12.9. The number of aliphatic hydroxyl groups is 1. The van der Waals surface area contributed by atoms with E-state index in [0.29, 0.717) is 52.6 Å². The van der Waals surface area contributed by atoms with Crippen LogP contribution in [0.15, 0.2) is 71.9 Å². The maximum absolute atomic E-state index is 12.9. The number of aromatic nitrogens is 1. The number of thioether (sulfide) groups is 1. The van der Waals surface area contributed by atoms with Crippen molar-refractivity contribution in [2.24, 2.45) is 0 Å². The predicted molar refractivity (Wildman–Crippen MR) is 133 cm³/mol. The van der Waals surface area contributed by atoms with Gasteiger partial charge in [0.25, 0.3) is 10.0 Å². The summed E-state index contributed by atoms with van der Waals surface area (Å²) in [5.74, 6) is 1.29. The summed E-state index contributed by atoms with van der Waals surface area (Å²) in [5, 5.41) is 11.5. The number of sulfonamides is 1. The minimum atomic E-state index is -3.84. The van der Waals surface area contributed by atoms with Crippen molar-refractivity contribution in [2.75, 3.05) is 23.7 Å². The molecule has 0 spiro atoms. The minimum Gasteiger partial charge on any atom is -0.486 e. The van der Waals surface area contributed by atoms with E-state index < -0.39 is 15.7 Å². The van der Waals surface area contributed by atoms with E-state index in [1.165, 1.54) is 23.9 Å². The average molecular weight is 516 g/mol. The topological polar surface area (TPSA) is 101 Å². The Hall–Kier alpha value is -2.86. The van der Waals surface area contributed by atoms with Gasteiger partial charge in [0.05, 0.1) is 10.6 Å². The van der Waals surface area contributed by atoms with Crippen molar-refractivity contribution in [1.82, 2.24) is 9.88 Å². The van der Waals surface area contributed by atoms with Crippen molar-refractivity contribution in [3.8, 4) is 11.5 Å². The van der Waals surface area contributed by atoms with Crippen LogP contribution in [0.1, 0.15) is 11.1 Å². The van der Waals surface area contributed by atoms with Gasteiger partial charge in [0.1, 0.15) is 17.5 Å². The summed E-state index contributed by atoms with van der Waals surface area (Å²) in [6.07, 6.45) is 3.43. The highest BCUT2D eigenvalue weighted by Gasteiger charge is 2.44. The summed E-state index contributed by atoms with van der Waals surface area (Å²) < 4.78 is 39.9. The second kappa shape index (κ2) is 9.06. The molecular formula is C23H21N3O5S3. The van der Waals surface area contributed by atoms with Crippen molar-refractivity contribution in [1.29, 1.82) is 0 Å². The number of rotatable bonds is 6. The Morgan fingerprint density at radius 2 is 1.88 bits per heavy atom. The Labute approximate surface area is 207 Å². The van der Waals surface area contributed by atoms with E-state index in [1.54, 1.807) is 47.6 Å². The predicted octanol–water partition coefficient (Wildman–Crippen LogP) is 3.33. The number of nitrogens with one attached hydrogen (secondary N) is 1. The lowest BCUT2D eigenvalue weighted by molar-refractivity contribution is -0.0508. The molecule has 2 aliphatic heterocycles. The van der Waals surface area contributed by atoms with Gasteiger partial charge in [-0.2, -0.15) is 0 Å². The van der Waals surface area contributed by atoms with Gasteiger partial charge < -0.3 is 19.5 Å². The molecule has 5 rings (SSSR count). The average Bonchev–Trinajstić information content (AvgIpc) is 3.14. The van der Waals surface area contributed by atoms with Crippen LogP contribution < -0.4 is 14.2 Å². The minimum absolute atomic E-state index is 0.0691. The number of fused-ring (bicyclic) bond motifs is 1. The smallest absolute Gasteiger partial charge is 0.262 e. The lowest BCUT2D eigenvalue weighted by Crippen LogP contribution is -2.44. The van der Waals surface area contributed by atoms with Gasteiger partial charge in [0, 0.05) is 36.3 Å². The normalized spacial score (nSPS) is 19.8. The second-order valence-electron chi connectivity index (χ2n) is 7.81. The van der Waals surface area contributed by atoms with Crippen molar-refractivity contribution < 1.29 is 23.0 Å². The van der Waals surface area contributed by atoms with Gasteiger partial charge in [-0.25, -0.2) is 8.42 Å². The molecule has 0 amide bonds. The van der Waals surface area contributed by atoms with Crippen molar-refractivity contribution in [3.05, 3.63) is 78.1 Å². The fourth-order valence-corrected chi connectivity index (χ4v) is 6.27. The standard InChI is InChI=1S/C23H21N3O5S3/c27-23(15-33-22(32)26(23)14-16-2-1-9-24-13-16)17-3-5-18(6-4-17)25-34(28,29)19-7-8-20-21(12-19)31-11-10-30-20/h1-9,12-13,25,27H,10-11,14-15H2. The van der Waals surface area contributed by atoms with E-state index in [-0.39, 0.29) is 4.90 Å². The summed E-state index contributed by atoms with van der Waals surface area (Å²) >= 11 is 6.88. The molecule has 2 aliphatic rings. The monoisotopic (exact) mass is 515 g/mol. The highest BCUT2D eigenvalue weighted by atomic mass is 32.2. The quantitative estimate of drug-likeness (QED) is 0.479. The van der Waals surface area contributed by atoms with Crippen LogP contribution in [0.5, 0.6) is 11.5 Å². The summed E-state index contributed by atoms with van der Waals surface area (Å²) in [7, 11) is -3.84. The number of hydrogen-bond donors (Lipinski definition) is 2. The summed E-state index contributed by atoms with van der Waals surface area (Å²) in [6, 6.07) is 14.9. The van der Waals surface area contributed by atoms with E-state index in [2.05, 4.69) is 9.71 Å². The first-order valence-corrected chi connectivity index (χ1v) is 13.3. The number of nitrogens with zero attached hydrogens (tertiary/aromatic N) is 2. The lowest BCUT2D eigenvalue weighted by Gasteiger charge is -2.34. The Bertz CT molecular complexity index is 1320. The third-order valence-corrected chi connectivity index (χ3v) is 8.52. The fraction of sp³-hybridized carbons (Fsp3) is 0.217. The lowest BCUT2D eigenvalue weighted by atomic mass is 10.0. The van der Waals surface area contributed by atoms with Crippen LogP contribution in [-0.2, 0) is 22.3 Å². The molecule has 2 N–H and O–H groups in total. The van der Waals surface area contributed by atoms with Crippen LogP contribution in [-0.4, -0.2) is 46.7 Å². The van der Waals surface area contributed by atoms with Gasteiger partial charge in [0.2, 0.25) is 0 Å². The first-order chi connectivity index (χ1) is 16.3. The molecule has 1 aromatic heterocycles. The van der Waals surface area contributed by atoms with E-state index in [4.69, 9.17) is 21.7 Å². The SMILES string of the molecule is O=S(=O)(Nc1ccc(C2(O)CSC(=S)N2Cc2cccnc2)cc1)c1ccc2c(c1)OCCO2. The van der Waals surface area contributed by atoms with Crippen LogP contribution in [0.2, 0.25) is 0 Å². The number of anilines is 1. The third kappa shape index (κ3) is 4.43. The molecule has 8 nitrogen and oxygen atoms in total. The van der Waals surface area contributed by atoms with Crippen molar-refractivity contribution in [2.45, 2.75) is 17.2 Å². The molecule has 2 aromatic carbocycles. The highest BCUT2D eigenvalue weighted by molar-refractivity contribution is 8.23. The summed E-state index contributed by atoms with van der Waals surface area (Å²) in [6.45, 7) is 1.21. The summed E-state index contributed by atoms with van der Waals surface area (Å²) in [5.41, 5.74) is 0.597. The van der Waals surface area contributed by atoms with Crippen LogP contribution in [0, 0.1) is 0 Å². The van der Waals surface area contributed by atoms with Gasteiger partial charge >= 0.3 is 0 Å². The summed E-state index contributed by atoms with van der Waals surface area (Å²) in [4.78, 5) is 5.96. The number of benzene rings is 2. The van der Waals surface area contributed by atoms with Gasteiger partial charge in [-0.1, -0.05) is 42.2 Å².